The average molecular weight is 463 g/mol. The van der Waals surface area contributed by atoms with E-state index in [-0.39, 0.29) is 5.82 Å². The number of nitrogens with zero attached hydrogens (tertiary/aromatic N) is 3. The van der Waals surface area contributed by atoms with Crippen LogP contribution in [0.1, 0.15) is 16.2 Å². The third-order valence-corrected chi connectivity index (χ3v) is 5.04. The molecule has 0 saturated heterocycles. The van der Waals surface area contributed by atoms with Crippen molar-refractivity contribution >= 4 is 27.5 Å². The van der Waals surface area contributed by atoms with Gasteiger partial charge in [-0.15, -0.1) is 5.10 Å². The standard InChI is InChI=1S/C23H19BrN4O2/c1-15-6-5-7-18(14-15)28-22(16-10-12-17(24)13-11-16)26-21(27-28)23(29)25-19-8-3-4-9-20(19)30-2/h3-14H,1-2H3,(H,25,29). The normalized spacial score (nSPS) is 10.6. The van der Waals surface area contributed by atoms with Crippen LogP contribution in [0.25, 0.3) is 17.1 Å². The predicted molar refractivity (Wildman–Crippen MR) is 120 cm³/mol. The largest absolute Gasteiger partial charge is 0.495 e. The maximum absolute atomic E-state index is 12.9. The molecule has 0 aliphatic heterocycles. The van der Waals surface area contributed by atoms with Crippen LogP contribution in [0.3, 0.4) is 0 Å². The van der Waals surface area contributed by atoms with E-state index >= 15 is 0 Å². The summed E-state index contributed by atoms with van der Waals surface area (Å²) >= 11 is 3.45. The van der Waals surface area contributed by atoms with Gasteiger partial charge < -0.3 is 10.1 Å². The van der Waals surface area contributed by atoms with E-state index in [9.17, 15) is 4.79 Å². The van der Waals surface area contributed by atoms with Crippen molar-refractivity contribution in [2.24, 2.45) is 0 Å². The van der Waals surface area contributed by atoms with Crippen LogP contribution in [-0.2, 0) is 0 Å². The summed E-state index contributed by atoms with van der Waals surface area (Å²) in [5.74, 6) is 0.806. The minimum Gasteiger partial charge on any atom is -0.495 e. The number of amides is 1. The molecule has 0 aliphatic rings. The van der Waals surface area contributed by atoms with Crippen molar-refractivity contribution in [1.82, 2.24) is 14.8 Å². The molecule has 1 N–H and O–H groups in total. The molecule has 1 aromatic heterocycles. The highest BCUT2D eigenvalue weighted by Crippen LogP contribution is 2.26. The predicted octanol–water partition coefficient (Wildman–Crippen LogP) is 5.27. The van der Waals surface area contributed by atoms with Crippen molar-refractivity contribution < 1.29 is 9.53 Å². The number of aryl methyl sites for hydroxylation is 1. The van der Waals surface area contributed by atoms with Crippen LogP contribution in [0.5, 0.6) is 5.75 Å². The molecule has 0 saturated carbocycles. The third-order valence-electron chi connectivity index (χ3n) is 4.51. The SMILES string of the molecule is COc1ccccc1NC(=O)c1nc(-c2ccc(Br)cc2)n(-c2cccc(C)c2)n1. The first kappa shape index (κ1) is 19.8. The molecular weight excluding hydrogens is 444 g/mol. The number of para-hydroxylation sites is 2. The van der Waals surface area contributed by atoms with Gasteiger partial charge in [0.05, 0.1) is 18.5 Å². The summed E-state index contributed by atoms with van der Waals surface area (Å²) in [7, 11) is 1.56. The van der Waals surface area contributed by atoms with E-state index in [0.717, 1.165) is 21.3 Å². The summed E-state index contributed by atoms with van der Waals surface area (Å²) < 4.78 is 7.96. The van der Waals surface area contributed by atoms with E-state index < -0.39 is 5.91 Å². The molecule has 150 valence electrons. The number of benzene rings is 3. The second kappa shape index (κ2) is 8.51. The first-order valence-electron chi connectivity index (χ1n) is 9.29. The Kier molecular flexibility index (Phi) is 5.63. The van der Waals surface area contributed by atoms with E-state index in [1.807, 2.05) is 67.6 Å². The lowest BCUT2D eigenvalue weighted by Gasteiger charge is -2.08. The first-order valence-corrected chi connectivity index (χ1v) is 10.1. The highest BCUT2D eigenvalue weighted by molar-refractivity contribution is 9.10. The highest BCUT2D eigenvalue weighted by atomic mass is 79.9. The summed E-state index contributed by atoms with van der Waals surface area (Å²) in [6.07, 6.45) is 0. The van der Waals surface area contributed by atoms with Crippen LogP contribution < -0.4 is 10.1 Å². The fourth-order valence-electron chi connectivity index (χ4n) is 3.06. The van der Waals surface area contributed by atoms with Crippen molar-refractivity contribution in [1.29, 1.82) is 0 Å². The van der Waals surface area contributed by atoms with Gasteiger partial charge in [0.2, 0.25) is 5.82 Å². The zero-order valence-electron chi connectivity index (χ0n) is 16.5. The van der Waals surface area contributed by atoms with E-state index in [1.54, 1.807) is 23.9 Å². The monoisotopic (exact) mass is 462 g/mol. The van der Waals surface area contributed by atoms with Gasteiger partial charge in [-0.05, 0) is 48.9 Å². The van der Waals surface area contributed by atoms with Crippen molar-refractivity contribution in [2.45, 2.75) is 6.92 Å². The average Bonchev–Trinajstić information content (AvgIpc) is 3.20. The Bertz CT molecular complexity index is 1200. The van der Waals surface area contributed by atoms with E-state index in [1.165, 1.54) is 0 Å². The van der Waals surface area contributed by atoms with Crippen LogP contribution in [-0.4, -0.2) is 27.8 Å². The number of aromatic nitrogens is 3. The number of hydrogen-bond acceptors (Lipinski definition) is 4. The maximum atomic E-state index is 12.9. The molecule has 4 aromatic rings. The number of carbonyl (C=O) groups is 1. The minimum atomic E-state index is -0.413. The fourth-order valence-corrected chi connectivity index (χ4v) is 3.32. The van der Waals surface area contributed by atoms with Crippen molar-refractivity contribution in [3.05, 3.63) is 88.7 Å². The Hall–Kier alpha value is -3.45. The third kappa shape index (κ3) is 4.11. The summed E-state index contributed by atoms with van der Waals surface area (Å²) in [6, 6.07) is 22.8. The van der Waals surface area contributed by atoms with Crippen LogP contribution in [0.15, 0.2) is 77.3 Å². The Labute approximate surface area is 182 Å². The number of anilines is 1. The van der Waals surface area contributed by atoms with Gasteiger partial charge in [0.1, 0.15) is 5.75 Å². The lowest BCUT2D eigenvalue weighted by Crippen LogP contribution is -2.15. The Morgan fingerprint density at radius 3 is 2.53 bits per heavy atom. The summed E-state index contributed by atoms with van der Waals surface area (Å²) in [6.45, 7) is 2.01. The molecule has 3 aromatic carbocycles. The number of nitrogens with one attached hydrogen (secondary N) is 1. The molecule has 6 nitrogen and oxygen atoms in total. The molecule has 30 heavy (non-hydrogen) atoms. The van der Waals surface area contributed by atoms with Crippen LogP contribution in [0.2, 0.25) is 0 Å². The van der Waals surface area contributed by atoms with Crippen molar-refractivity contribution in [2.75, 3.05) is 12.4 Å². The second-order valence-corrected chi connectivity index (χ2v) is 7.59. The van der Waals surface area contributed by atoms with Gasteiger partial charge in [0.15, 0.2) is 5.82 Å². The molecule has 1 amide bonds. The van der Waals surface area contributed by atoms with Gasteiger partial charge >= 0.3 is 0 Å². The Balaban J connectivity index is 1.76. The summed E-state index contributed by atoms with van der Waals surface area (Å²) in [4.78, 5) is 17.5. The van der Waals surface area contributed by atoms with Crippen molar-refractivity contribution in [3.8, 4) is 22.8 Å². The molecule has 4 rings (SSSR count). The highest BCUT2D eigenvalue weighted by Gasteiger charge is 2.20. The molecular formula is C23H19BrN4O2. The Morgan fingerprint density at radius 1 is 1.03 bits per heavy atom. The van der Waals surface area contributed by atoms with Crippen molar-refractivity contribution in [3.63, 3.8) is 0 Å². The number of ether oxygens (including phenoxy) is 1. The van der Waals surface area contributed by atoms with Gasteiger partial charge in [0.25, 0.3) is 5.91 Å². The molecule has 0 bridgehead atoms. The lowest BCUT2D eigenvalue weighted by molar-refractivity contribution is 0.101. The quantitative estimate of drug-likeness (QED) is 0.438. The number of rotatable bonds is 5. The zero-order valence-corrected chi connectivity index (χ0v) is 18.1. The van der Waals surface area contributed by atoms with Crippen LogP contribution in [0.4, 0.5) is 5.69 Å². The minimum absolute atomic E-state index is 0.0698. The first-order chi connectivity index (χ1) is 14.5. The number of halogens is 1. The lowest BCUT2D eigenvalue weighted by atomic mass is 10.2. The van der Waals surface area contributed by atoms with E-state index in [0.29, 0.717) is 17.3 Å². The zero-order chi connectivity index (χ0) is 21.1. The van der Waals surface area contributed by atoms with Crippen LogP contribution in [0, 0.1) is 6.92 Å². The molecule has 0 spiro atoms. The topological polar surface area (TPSA) is 69.0 Å². The fraction of sp³-hybridized carbons (Fsp3) is 0.0870. The molecule has 0 fully saturated rings. The second-order valence-electron chi connectivity index (χ2n) is 6.67. The van der Waals surface area contributed by atoms with Gasteiger partial charge in [-0.2, -0.15) is 0 Å². The van der Waals surface area contributed by atoms with Crippen LogP contribution >= 0.6 is 15.9 Å². The molecule has 0 unspecified atom stereocenters. The van der Waals surface area contributed by atoms with Gasteiger partial charge in [-0.1, -0.05) is 52.3 Å². The molecule has 0 radical (unpaired) electrons. The molecule has 7 heteroatoms. The number of methoxy groups -OCH3 is 1. The smallest absolute Gasteiger partial charge is 0.295 e. The number of hydrogen-bond donors (Lipinski definition) is 1. The maximum Gasteiger partial charge on any atom is 0.295 e. The van der Waals surface area contributed by atoms with Gasteiger partial charge in [-0.3, -0.25) is 4.79 Å². The van der Waals surface area contributed by atoms with E-state index in [2.05, 4.69) is 31.3 Å². The summed E-state index contributed by atoms with van der Waals surface area (Å²) in [5.41, 5.74) is 3.33. The van der Waals surface area contributed by atoms with Gasteiger partial charge in [0, 0.05) is 10.0 Å². The Morgan fingerprint density at radius 2 is 1.80 bits per heavy atom. The summed E-state index contributed by atoms with van der Waals surface area (Å²) in [5, 5.41) is 7.34. The molecule has 0 atom stereocenters. The van der Waals surface area contributed by atoms with Gasteiger partial charge in [-0.25, -0.2) is 9.67 Å². The number of carbonyl (C=O) groups excluding carboxylic acids is 1. The molecule has 0 aliphatic carbocycles. The van der Waals surface area contributed by atoms with E-state index in [4.69, 9.17) is 4.74 Å². The molecule has 1 heterocycles.